The SMILES string of the molecule is O=C(NC1CCN(C/C2=C/CCCCCCC2)CC1)C1c2ccccc2Oc2ccccc21. The minimum atomic E-state index is -0.312. The Kier molecular flexibility index (Phi) is 7.11. The van der Waals surface area contributed by atoms with Crippen LogP contribution in [0, 0.1) is 0 Å². The highest BCUT2D eigenvalue weighted by Crippen LogP contribution is 2.44. The van der Waals surface area contributed by atoms with E-state index in [0.717, 1.165) is 55.1 Å². The van der Waals surface area contributed by atoms with E-state index >= 15 is 0 Å². The van der Waals surface area contributed by atoms with E-state index in [0.29, 0.717) is 0 Å². The molecule has 3 aliphatic rings. The van der Waals surface area contributed by atoms with Gasteiger partial charge in [0.05, 0.1) is 5.92 Å². The maximum atomic E-state index is 13.5. The highest BCUT2D eigenvalue weighted by Gasteiger charge is 2.33. The highest BCUT2D eigenvalue weighted by molar-refractivity contribution is 5.89. The van der Waals surface area contributed by atoms with Crippen molar-refractivity contribution in [1.82, 2.24) is 10.2 Å². The van der Waals surface area contributed by atoms with Crippen molar-refractivity contribution >= 4 is 5.91 Å². The number of benzene rings is 2. The molecule has 1 fully saturated rings. The summed E-state index contributed by atoms with van der Waals surface area (Å²) >= 11 is 0. The normalized spacial score (nSPS) is 21.9. The second kappa shape index (κ2) is 10.6. The number of fused-ring (bicyclic) bond motifs is 2. The summed E-state index contributed by atoms with van der Waals surface area (Å²) in [4.78, 5) is 16.1. The van der Waals surface area contributed by atoms with Crippen LogP contribution < -0.4 is 10.1 Å². The average molecular weight is 445 g/mol. The molecule has 0 aromatic heterocycles. The third-order valence-electron chi connectivity index (χ3n) is 7.44. The molecule has 1 saturated heterocycles. The number of para-hydroxylation sites is 2. The molecule has 0 atom stereocenters. The van der Waals surface area contributed by atoms with Crippen LogP contribution in [0.4, 0.5) is 0 Å². The summed E-state index contributed by atoms with van der Waals surface area (Å²) in [5.74, 6) is 1.35. The summed E-state index contributed by atoms with van der Waals surface area (Å²) in [7, 11) is 0. The maximum absolute atomic E-state index is 13.5. The zero-order valence-corrected chi connectivity index (χ0v) is 19.6. The number of amides is 1. The predicted octanol–water partition coefficient (Wildman–Crippen LogP) is 6.18. The smallest absolute Gasteiger partial charge is 0.232 e. The number of carbonyl (C=O) groups is 1. The highest BCUT2D eigenvalue weighted by atomic mass is 16.5. The Balaban J connectivity index is 1.20. The summed E-state index contributed by atoms with van der Waals surface area (Å²) in [6, 6.07) is 16.1. The molecule has 0 spiro atoms. The van der Waals surface area contributed by atoms with Crippen LogP contribution in [0.5, 0.6) is 11.5 Å². The number of nitrogens with one attached hydrogen (secondary N) is 1. The van der Waals surface area contributed by atoms with E-state index in [9.17, 15) is 4.79 Å². The average Bonchev–Trinajstić information content (AvgIpc) is 2.97. The first-order chi connectivity index (χ1) is 16.3. The first kappa shape index (κ1) is 22.2. The van der Waals surface area contributed by atoms with E-state index in [1.54, 1.807) is 5.57 Å². The molecule has 4 heteroatoms. The van der Waals surface area contributed by atoms with E-state index in [-0.39, 0.29) is 17.9 Å². The van der Waals surface area contributed by atoms with Gasteiger partial charge >= 0.3 is 0 Å². The molecule has 4 nitrogen and oxygen atoms in total. The molecule has 174 valence electrons. The Morgan fingerprint density at radius 2 is 1.52 bits per heavy atom. The van der Waals surface area contributed by atoms with E-state index in [1.165, 1.54) is 44.9 Å². The van der Waals surface area contributed by atoms with Crippen LogP contribution in [0.25, 0.3) is 0 Å². The van der Waals surface area contributed by atoms with Gasteiger partial charge in [0, 0.05) is 36.8 Å². The van der Waals surface area contributed by atoms with Gasteiger partial charge in [-0.2, -0.15) is 0 Å². The van der Waals surface area contributed by atoms with Crippen LogP contribution in [-0.2, 0) is 4.79 Å². The minimum Gasteiger partial charge on any atom is -0.457 e. The van der Waals surface area contributed by atoms with E-state index in [4.69, 9.17) is 4.74 Å². The fraction of sp³-hybridized carbons (Fsp3) is 0.483. The van der Waals surface area contributed by atoms with Crippen molar-refractivity contribution in [2.75, 3.05) is 19.6 Å². The molecule has 2 aromatic carbocycles. The molecule has 0 bridgehead atoms. The number of likely N-dealkylation sites (tertiary alicyclic amines) is 1. The number of allylic oxidation sites excluding steroid dienone is 1. The van der Waals surface area contributed by atoms with Crippen LogP contribution in [0.15, 0.2) is 60.2 Å². The molecule has 0 radical (unpaired) electrons. The Hall–Kier alpha value is -2.59. The Morgan fingerprint density at radius 3 is 2.24 bits per heavy atom. The summed E-state index contributed by atoms with van der Waals surface area (Å²) < 4.78 is 6.07. The van der Waals surface area contributed by atoms with Crippen LogP contribution in [0.2, 0.25) is 0 Å². The van der Waals surface area contributed by atoms with Crippen molar-refractivity contribution in [2.24, 2.45) is 0 Å². The van der Waals surface area contributed by atoms with Crippen molar-refractivity contribution in [3.63, 3.8) is 0 Å². The topological polar surface area (TPSA) is 41.6 Å². The van der Waals surface area contributed by atoms with Crippen LogP contribution >= 0.6 is 0 Å². The Labute approximate surface area is 198 Å². The van der Waals surface area contributed by atoms with Crippen molar-refractivity contribution in [2.45, 2.75) is 69.7 Å². The summed E-state index contributed by atoms with van der Waals surface area (Å²) in [6.45, 7) is 3.23. The zero-order chi connectivity index (χ0) is 22.5. The Morgan fingerprint density at radius 1 is 0.879 bits per heavy atom. The van der Waals surface area contributed by atoms with Gasteiger partial charge in [0.1, 0.15) is 11.5 Å². The van der Waals surface area contributed by atoms with Crippen LogP contribution in [0.1, 0.15) is 74.8 Å². The molecular formula is C29H36N2O2. The van der Waals surface area contributed by atoms with Crippen molar-refractivity contribution in [1.29, 1.82) is 0 Å². The van der Waals surface area contributed by atoms with Crippen LogP contribution in [-0.4, -0.2) is 36.5 Å². The fourth-order valence-corrected chi connectivity index (χ4v) is 5.58. The number of hydrogen-bond donors (Lipinski definition) is 1. The van der Waals surface area contributed by atoms with Gasteiger partial charge in [-0.25, -0.2) is 0 Å². The molecule has 1 N–H and O–H groups in total. The fourth-order valence-electron chi connectivity index (χ4n) is 5.58. The van der Waals surface area contributed by atoms with Crippen molar-refractivity contribution in [3.8, 4) is 11.5 Å². The molecule has 2 aromatic rings. The molecule has 33 heavy (non-hydrogen) atoms. The molecule has 1 aliphatic carbocycles. The van der Waals surface area contributed by atoms with E-state index < -0.39 is 0 Å². The summed E-state index contributed by atoms with van der Waals surface area (Å²) in [5, 5.41) is 3.39. The lowest BCUT2D eigenvalue weighted by Crippen LogP contribution is -2.46. The second-order valence-electron chi connectivity index (χ2n) is 9.84. The maximum Gasteiger partial charge on any atom is 0.232 e. The third kappa shape index (κ3) is 5.33. The molecule has 2 heterocycles. The van der Waals surface area contributed by atoms with Crippen LogP contribution in [0.3, 0.4) is 0 Å². The van der Waals surface area contributed by atoms with Gasteiger partial charge < -0.3 is 10.1 Å². The van der Waals surface area contributed by atoms with Gasteiger partial charge in [0.2, 0.25) is 5.91 Å². The lowest BCUT2D eigenvalue weighted by atomic mass is 9.87. The molecule has 0 saturated carbocycles. The lowest BCUT2D eigenvalue weighted by molar-refractivity contribution is -0.122. The van der Waals surface area contributed by atoms with E-state index in [2.05, 4.69) is 16.3 Å². The number of hydrogen-bond acceptors (Lipinski definition) is 3. The summed E-state index contributed by atoms with van der Waals surface area (Å²) in [6.07, 6.45) is 13.9. The first-order valence-electron chi connectivity index (χ1n) is 12.8. The Bertz CT molecular complexity index is 945. The summed E-state index contributed by atoms with van der Waals surface area (Å²) in [5.41, 5.74) is 3.55. The van der Waals surface area contributed by atoms with Gasteiger partial charge in [0.15, 0.2) is 0 Å². The molecule has 0 unspecified atom stereocenters. The van der Waals surface area contributed by atoms with Gasteiger partial charge in [-0.05, 0) is 50.7 Å². The monoisotopic (exact) mass is 444 g/mol. The number of carbonyl (C=O) groups excluding carboxylic acids is 1. The predicted molar refractivity (Wildman–Crippen MR) is 133 cm³/mol. The quantitative estimate of drug-likeness (QED) is 0.573. The zero-order valence-electron chi connectivity index (χ0n) is 19.6. The number of ether oxygens (including phenoxy) is 1. The van der Waals surface area contributed by atoms with Gasteiger partial charge in [-0.3, -0.25) is 9.69 Å². The lowest BCUT2D eigenvalue weighted by Gasteiger charge is -2.34. The second-order valence-corrected chi connectivity index (χ2v) is 9.84. The minimum absolute atomic E-state index is 0.0932. The number of piperidine rings is 1. The van der Waals surface area contributed by atoms with Gasteiger partial charge in [-0.1, -0.05) is 67.3 Å². The van der Waals surface area contributed by atoms with Gasteiger partial charge in [-0.15, -0.1) is 0 Å². The van der Waals surface area contributed by atoms with Crippen molar-refractivity contribution < 1.29 is 9.53 Å². The van der Waals surface area contributed by atoms with Gasteiger partial charge in [0.25, 0.3) is 0 Å². The molecule has 1 amide bonds. The first-order valence-corrected chi connectivity index (χ1v) is 12.8. The molecule has 2 aliphatic heterocycles. The standard InChI is InChI=1S/C29H36N2O2/c32-29(28-24-13-7-9-15-26(24)33-27-16-10-8-14-25(27)28)30-23-17-19-31(20-18-23)21-22-11-5-3-1-2-4-6-12-22/h7-11,13-16,23,28H,1-6,12,17-21H2,(H,30,32)/b22-11+. The third-order valence-corrected chi connectivity index (χ3v) is 7.44. The number of nitrogens with zero attached hydrogens (tertiary/aromatic N) is 1. The largest absolute Gasteiger partial charge is 0.457 e. The molecule has 5 rings (SSSR count). The van der Waals surface area contributed by atoms with E-state index in [1.807, 2.05) is 48.5 Å². The number of rotatable bonds is 4. The van der Waals surface area contributed by atoms with Crippen molar-refractivity contribution in [3.05, 3.63) is 71.3 Å². The molecular weight excluding hydrogens is 408 g/mol.